The number of pyridine rings is 2. The van der Waals surface area contributed by atoms with E-state index in [9.17, 15) is 19.8 Å². The molecular formula is C23H22N2O7. The molecule has 2 N–H and O–H groups in total. The van der Waals surface area contributed by atoms with Crippen LogP contribution in [0.2, 0.25) is 0 Å². The molecule has 1 unspecified atom stereocenters. The van der Waals surface area contributed by atoms with Crippen molar-refractivity contribution in [3.05, 3.63) is 57.4 Å². The fourth-order valence-corrected chi connectivity index (χ4v) is 4.41. The molecule has 0 radical (unpaired) electrons. The van der Waals surface area contributed by atoms with Crippen molar-refractivity contribution >= 4 is 16.9 Å². The molecule has 5 rings (SSSR count). The van der Waals surface area contributed by atoms with Gasteiger partial charge >= 0.3 is 5.97 Å². The fraction of sp³-hybridized carbons (Fsp3) is 0.348. The lowest BCUT2D eigenvalue weighted by Crippen LogP contribution is -2.44. The van der Waals surface area contributed by atoms with Gasteiger partial charge < -0.3 is 24.4 Å². The first-order chi connectivity index (χ1) is 15.4. The van der Waals surface area contributed by atoms with E-state index in [0.29, 0.717) is 34.5 Å². The Hall–Kier alpha value is -3.27. The zero-order valence-corrected chi connectivity index (χ0v) is 17.6. The van der Waals surface area contributed by atoms with Crippen LogP contribution in [0.25, 0.3) is 22.3 Å². The molecule has 9 heteroatoms. The summed E-state index contributed by atoms with van der Waals surface area (Å²) in [6, 6.07) is 8.28. The number of hydrogen-bond donors (Lipinski definition) is 2. The number of carbonyl (C=O) groups is 1. The van der Waals surface area contributed by atoms with Gasteiger partial charge in [-0.1, -0.05) is 6.92 Å². The van der Waals surface area contributed by atoms with Gasteiger partial charge in [0.25, 0.3) is 5.56 Å². The predicted octanol–water partition coefficient (Wildman–Crippen LogP) is 1.95. The molecule has 0 amide bonds. The van der Waals surface area contributed by atoms with Crippen molar-refractivity contribution in [3.8, 4) is 17.1 Å². The fourth-order valence-electron chi connectivity index (χ4n) is 4.41. The van der Waals surface area contributed by atoms with Crippen LogP contribution in [0.3, 0.4) is 0 Å². The van der Waals surface area contributed by atoms with Crippen LogP contribution in [0.1, 0.15) is 36.3 Å². The van der Waals surface area contributed by atoms with Gasteiger partial charge in [-0.05, 0) is 36.8 Å². The Kier molecular flexibility index (Phi) is 4.77. The van der Waals surface area contributed by atoms with Gasteiger partial charge in [-0.3, -0.25) is 9.36 Å². The molecule has 0 fully saturated rings. The molecule has 0 aliphatic carbocycles. The molecule has 0 saturated carbocycles. The molecule has 9 nitrogen and oxygen atoms in total. The molecule has 2 aliphatic heterocycles. The average Bonchev–Trinajstić information content (AvgIpc) is 3.08. The van der Waals surface area contributed by atoms with E-state index in [-0.39, 0.29) is 36.5 Å². The van der Waals surface area contributed by atoms with E-state index in [0.717, 1.165) is 0 Å². The van der Waals surface area contributed by atoms with Crippen LogP contribution in [-0.4, -0.2) is 46.1 Å². The highest BCUT2D eigenvalue weighted by Crippen LogP contribution is 2.43. The quantitative estimate of drug-likeness (QED) is 0.458. The van der Waals surface area contributed by atoms with Crippen LogP contribution < -0.4 is 5.56 Å². The lowest BCUT2D eigenvalue weighted by Gasteiger charge is -2.32. The van der Waals surface area contributed by atoms with Crippen LogP contribution in [0, 0.1) is 0 Å². The van der Waals surface area contributed by atoms with E-state index in [1.807, 2.05) is 6.07 Å². The van der Waals surface area contributed by atoms with E-state index in [4.69, 9.17) is 19.2 Å². The van der Waals surface area contributed by atoms with Gasteiger partial charge in [-0.2, -0.15) is 0 Å². The van der Waals surface area contributed by atoms with Gasteiger partial charge in [0.15, 0.2) is 11.8 Å². The first-order valence-corrected chi connectivity index (χ1v) is 10.3. The number of cyclic esters (lactones) is 1. The van der Waals surface area contributed by atoms with Crippen LogP contribution in [0.15, 0.2) is 35.1 Å². The first-order valence-electron chi connectivity index (χ1n) is 10.3. The molecule has 4 heterocycles. The highest BCUT2D eigenvalue weighted by Gasteiger charge is 2.46. The number of phenolic OH excluding ortho intramolecular Hbond substituents is 1. The molecule has 0 spiro atoms. The molecule has 2 aromatic heterocycles. The summed E-state index contributed by atoms with van der Waals surface area (Å²) in [5, 5.41) is 21.6. The Balaban J connectivity index is 1.78. The number of methoxy groups -OCH3 is 1. The van der Waals surface area contributed by atoms with Crippen molar-refractivity contribution in [2.24, 2.45) is 0 Å². The summed E-state index contributed by atoms with van der Waals surface area (Å²) in [6.07, 6.45) is -0.716. The standard InChI is InChI=1S/C23H22N2O7/c1-3-23(29)16-10-18-19-14(9-12-8-13(26)4-5-17(12)24-19)21(31-7-6-30-2)25(18)20(27)15(16)11-32-22(23)28/h4-5,8-10,21,26,29H,3,6-7,11H2,1-2H3/t21?,23-/m0/s1. The second-order valence-electron chi connectivity index (χ2n) is 7.91. The van der Waals surface area contributed by atoms with E-state index in [1.54, 1.807) is 32.2 Å². The largest absolute Gasteiger partial charge is 0.508 e. The third kappa shape index (κ3) is 2.85. The van der Waals surface area contributed by atoms with Gasteiger partial charge in [0.1, 0.15) is 12.4 Å². The van der Waals surface area contributed by atoms with Crippen LogP contribution in [-0.2, 0) is 31.2 Å². The summed E-state index contributed by atoms with van der Waals surface area (Å²) in [4.78, 5) is 30.6. The maximum Gasteiger partial charge on any atom is 0.343 e. The molecule has 0 saturated heterocycles. The summed E-state index contributed by atoms with van der Waals surface area (Å²) in [5.74, 6) is -0.673. The summed E-state index contributed by atoms with van der Waals surface area (Å²) in [6.45, 7) is 2.00. The number of benzene rings is 1. The first kappa shape index (κ1) is 20.6. The predicted molar refractivity (Wildman–Crippen MR) is 113 cm³/mol. The molecule has 3 aromatic rings. The number of ether oxygens (including phenoxy) is 3. The number of aliphatic hydroxyl groups is 1. The second-order valence-corrected chi connectivity index (χ2v) is 7.91. The van der Waals surface area contributed by atoms with Crippen molar-refractivity contribution in [1.29, 1.82) is 0 Å². The Morgan fingerprint density at radius 2 is 2.06 bits per heavy atom. The van der Waals surface area contributed by atoms with Gasteiger partial charge in [-0.15, -0.1) is 0 Å². The number of rotatable bonds is 5. The van der Waals surface area contributed by atoms with E-state index in [2.05, 4.69) is 0 Å². The maximum atomic E-state index is 13.6. The van der Waals surface area contributed by atoms with E-state index >= 15 is 0 Å². The van der Waals surface area contributed by atoms with Crippen LogP contribution >= 0.6 is 0 Å². The summed E-state index contributed by atoms with van der Waals surface area (Å²) in [5.41, 5.74) is 0.374. The van der Waals surface area contributed by atoms with Gasteiger partial charge in [0.2, 0.25) is 0 Å². The normalized spacial score (nSPS) is 21.2. The number of hydrogen-bond acceptors (Lipinski definition) is 8. The zero-order chi connectivity index (χ0) is 22.6. The number of aromatic hydroxyl groups is 1. The van der Waals surface area contributed by atoms with Crippen molar-refractivity contribution < 1.29 is 29.2 Å². The molecule has 166 valence electrons. The number of fused-ring (bicyclic) bond motifs is 5. The number of nitrogens with zero attached hydrogens (tertiary/aromatic N) is 2. The number of carbonyl (C=O) groups excluding carboxylic acids is 1. The maximum absolute atomic E-state index is 13.6. The Bertz CT molecular complexity index is 1320. The topological polar surface area (TPSA) is 120 Å². The van der Waals surface area contributed by atoms with Crippen molar-refractivity contribution in [3.63, 3.8) is 0 Å². The SMILES string of the molecule is CC[C@@]1(O)C(=O)OCc2c1cc1n(c2=O)C(OCCOC)c2cc3cc(O)ccc3nc2-1. The van der Waals surface area contributed by atoms with E-state index in [1.165, 1.54) is 10.6 Å². The molecule has 0 bridgehead atoms. The Morgan fingerprint density at radius 3 is 2.81 bits per heavy atom. The number of phenols is 1. The average molecular weight is 438 g/mol. The highest BCUT2D eigenvalue weighted by molar-refractivity contribution is 5.87. The summed E-state index contributed by atoms with van der Waals surface area (Å²) < 4.78 is 17.7. The highest BCUT2D eigenvalue weighted by atomic mass is 16.6. The third-order valence-corrected chi connectivity index (χ3v) is 6.12. The minimum Gasteiger partial charge on any atom is -0.508 e. The Morgan fingerprint density at radius 1 is 1.25 bits per heavy atom. The molecule has 2 atom stereocenters. The molecule has 32 heavy (non-hydrogen) atoms. The van der Waals surface area contributed by atoms with Gasteiger partial charge in [0.05, 0.1) is 35.7 Å². The van der Waals surface area contributed by atoms with Crippen molar-refractivity contribution in [2.75, 3.05) is 20.3 Å². The molecule has 1 aromatic carbocycles. The molecule has 2 aliphatic rings. The third-order valence-electron chi connectivity index (χ3n) is 6.12. The van der Waals surface area contributed by atoms with E-state index < -0.39 is 23.4 Å². The summed E-state index contributed by atoms with van der Waals surface area (Å²) >= 11 is 0. The van der Waals surface area contributed by atoms with Crippen LogP contribution in [0.4, 0.5) is 0 Å². The minimum atomic E-state index is -1.90. The lowest BCUT2D eigenvalue weighted by molar-refractivity contribution is -0.172. The lowest BCUT2D eigenvalue weighted by atomic mass is 9.86. The van der Waals surface area contributed by atoms with Crippen molar-refractivity contribution in [2.45, 2.75) is 31.8 Å². The molecular weight excluding hydrogens is 416 g/mol. The van der Waals surface area contributed by atoms with Crippen LogP contribution in [0.5, 0.6) is 5.75 Å². The van der Waals surface area contributed by atoms with Gasteiger partial charge in [0, 0.05) is 23.6 Å². The second kappa shape index (κ2) is 7.40. The Labute approximate surface area is 182 Å². The monoisotopic (exact) mass is 438 g/mol. The smallest absolute Gasteiger partial charge is 0.343 e. The summed E-state index contributed by atoms with van der Waals surface area (Å²) in [7, 11) is 1.56. The zero-order valence-electron chi connectivity index (χ0n) is 17.6. The van der Waals surface area contributed by atoms with Crippen molar-refractivity contribution in [1.82, 2.24) is 9.55 Å². The minimum absolute atomic E-state index is 0.0623. The number of aromatic nitrogens is 2. The van der Waals surface area contributed by atoms with Gasteiger partial charge in [-0.25, -0.2) is 9.78 Å². The number of esters is 1.